The van der Waals surface area contributed by atoms with Crippen LogP contribution in [0.25, 0.3) is 0 Å². The maximum absolute atomic E-state index is 13.4. The zero-order valence-corrected chi connectivity index (χ0v) is 17.1. The van der Waals surface area contributed by atoms with Crippen LogP contribution in [0.5, 0.6) is 5.75 Å². The van der Waals surface area contributed by atoms with Crippen molar-refractivity contribution in [2.24, 2.45) is 5.92 Å². The highest BCUT2D eigenvalue weighted by atomic mass is 32.2. The summed E-state index contributed by atoms with van der Waals surface area (Å²) in [6.07, 6.45) is 2.43. The van der Waals surface area contributed by atoms with Gasteiger partial charge in [-0.25, -0.2) is 12.8 Å². The molecule has 1 amide bonds. The molecule has 0 aliphatic carbocycles. The van der Waals surface area contributed by atoms with Gasteiger partial charge in [0.05, 0.1) is 12.0 Å². The third-order valence-electron chi connectivity index (χ3n) is 5.14. The molecule has 1 N–H and O–H groups in total. The maximum atomic E-state index is 13.4. The monoisotopic (exact) mass is 420 g/mol. The number of halogens is 1. The van der Waals surface area contributed by atoms with Gasteiger partial charge in [-0.3, -0.25) is 4.79 Å². The Morgan fingerprint density at radius 3 is 2.59 bits per heavy atom. The Hall–Kier alpha value is -2.45. The van der Waals surface area contributed by atoms with E-state index in [1.807, 2.05) is 6.07 Å². The number of piperidine rings is 1. The molecule has 0 spiro atoms. The Labute approximate surface area is 170 Å². The van der Waals surface area contributed by atoms with Crippen LogP contribution < -0.4 is 10.1 Å². The van der Waals surface area contributed by atoms with Crippen LogP contribution >= 0.6 is 0 Å². The van der Waals surface area contributed by atoms with Gasteiger partial charge in [0.2, 0.25) is 15.9 Å². The van der Waals surface area contributed by atoms with Gasteiger partial charge in [0.1, 0.15) is 11.6 Å². The predicted molar refractivity (Wildman–Crippen MR) is 109 cm³/mol. The normalized spacial score (nSPS) is 15.8. The van der Waals surface area contributed by atoms with Crippen LogP contribution in [0.3, 0.4) is 0 Å². The molecule has 6 nitrogen and oxygen atoms in total. The van der Waals surface area contributed by atoms with Crippen molar-refractivity contribution in [2.45, 2.75) is 30.6 Å². The third-order valence-corrected chi connectivity index (χ3v) is 7.04. The zero-order valence-electron chi connectivity index (χ0n) is 16.3. The van der Waals surface area contributed by atoms with Crippen molar-refractivity contribution in [2.75, 3.05) is 25.5 Å². The van der Waals surface area contributed by atoms with Crippen LogP contribution in [-0.4, -0.2) is 38.8 Å². The van der Waals surface area contributed by atoms with Gasteiger partial charge in [0.25, 0.3) is 0 Å². The highest BCUT2D eigenvalue weighted by molar-refractivity contribution is 7.89. The molecule has 2 aromatic carbocycles. The van der Waals surface area contributed by atoms with Crippen LogP contribution in [0.4, 0.5) is 10.1 Å². The summed E-state index contributed by atoms with van der Waals surface area (Å²) >= 11 is 0. The van der Waals surface area contributed by atoms with Gasteiger partial charge in [0, 0.05) is 31.3 Å². The second-order valence-corrected chi connectivity index (χ2v) is 9.06. The molecule has 156 valence electrons. The lowest BCUT2D eigenvalue weighted by molar-refractivity contribution is -0.116. The molecule has 8 heteroatoms. The van der Waals surface area contributed by atoms with Crippen LogP contribution in [0.15, 0.2) is 53.4 Å². The van der Waals surface area contributed by atoms with Crippen LogP contribution in [0.2, 0.25) is 0 Å². The number of carbonyl (C=O) groups excluding carboxylic acids is 1. The van der Waals surface area contributed by atoms with E-state index in [1.165, 1.54) is 22.5 Å². The summed E-state index contributed by atoms with van der Waals surface area (Å²) < 4.78 is 45.2. The van der Waals surface area contributed by atoms with Crippen molar-refractivity contribution in [3.05, 3.63) is 54.3 Å². The summed E-state index contributed by atoms with van der Waals surface area (Å²) in [6.45, 7) is 0.752. The topological polar surface area (TPSA) is 75.7 Å². The molecule has 0 unspecified atom stereocenters. The Kier molecular flexibility index (Phi) is 6.87. The summed E-state index contributed by atoms with van der Waals surface area (Å²) in [6, 6.07) is 12.3. The molecule has 1 aliphatic heterocycles. The first-order chi connectivity index (χ1) is 13.9. The molecule has 1 saturated heterocycles. The number of rotatable bonds is 7. The van der Waals surface area contributed by atoms with Crippen LogP contribution in [0.1, 0.15) is 25.7 Å². The van der Waals surface area contributed by atoms with Crippen molar-refractivity contribution in [1.82, 2.24) is 4.31 Å². The minimum Gasteiger partial charge on any atom is -0.497 e. The second-order valence-electron chi connectivity index (χ2n) is 7.12. The average molecular weight is 421 g/mol. The van der Waals surface area contributed by atoms with E-state index in [-0.39, 0.29) is 16.7 Å². The van der Waals surface area contributed by atoms with Crippen molar-refractivity contribution in [3.63, 3.8) is 0 Å². The number of sulfonamides is 1. The van der Waals surface area contributed by atoms with E-state index in [1.54, 1.807) is 25.3 Å². The van der Waals surface area contributed by atoms with Gasteiger partial charge in [0.15, 0.2) is 0 Å². The van der Waals surface area contributed by atoms with Gasteiger partial charge in [-0.15, -0.1) is 0 Å². The largest absolute Gasteiger partial charge is 0.497 e. The molecular formula is C21H25FN2O4S. The SMILES string of the molecule is COc1cccc(NC(=O)CCC2CCN(S(=O)(=O)c3cccc(F)c3)CC2)c1. The molecule has 0 saturated carbocycles. The standard InChI is InChI=1S/C21H25FN2O4S/c1-28-19-6-3-5-18(15-19)23-21(25)9-8-16-10-12-24(13-11-16)29(26,27)20-7-2-4-17(22)14-20/h2-7,14-16H,8-13H2,1H3,(H,23,25). The quantitative estimate of drug-likeness (QED) is 0.742. The molecule has 1 aliphatic rings. The lowest BCUT2D eigenvalue weighted by atomic mass is 9.93. The highest BCUT2D eigenvalue weighted by Gasteiger charge is 2.29. The summed E-state index contributed by atoms with van der Waals surface area (Å²) in [5, 5.41) is 2.86. The van der Waals surface area contributed by atoms with Gasteiger partial charge in [-0.1, -0.05) is 12.1 Å². The molecule has 3 rings (SSSR count). The highest BCUT2D eigenvalue weighted by Crippen LogP contribution is 2.27. The second kappa shape index (κ2) is 9.37. The summed E-state index contributed by atoms with van der Waals surface area (Å²) in [5.41, 5.74) is 0.686. The van der Waals surface area contributed by atoms with E-state index < -0.39 is 15.8 Å². The van der Waals surface area contributed by atoms with E-state index in [0.29, 0.717) is 50.2 Å². The first-order valence-corrected chi connectivity index (χ1v) is 11.0. The predicted octanol–water partition coefficient (Wildman–Crippen LogP) is 3.65. The Morgan fingerprint density at radius 2 is 1.90 bits per heavy atom. The molecule has 0 radical (unpaired) electrons. The summed E-state index contributed by atoms with van der Waals surface area (Å²) in [7, 11) is -2.11. The number of nitrogens with one attached hydrogen (secondary N) is 1. The summed E-state index contributed by atoms with van der Waals surface area (Å²) in [4.78, 5) is 12.2. The van der Waals surface area contributed by atoms with Gasteiger partial charge in [-0.2, -0.15) is 4.31 Å². The van der Waals surface area contributed by atoms with Crippen molar-refractivity contribution >= 4 is 21.6 Å². The fourth-order valence-electron chi connectivity index (χ4n) is 3.47. The number of methoxy groups -OCH3 is 1. The maximum Gasteiger partial charge on any atom is 0.243 e. The lowest BCUT2D eigenvalue weighted by Crippen LogP contribution is -2.38. The number of amides is 1. The molecule has 29 heavy (non-hydrogen) atoms. The molecule has 0 bridgehead atoms. The molecule has 0 atom stereocenters. The minimum absolute atomic E-state index is 0.0198. The van der Waals surface area contributed by atoms with Crippen LogP contribution in [0, 0.1) is 11.7 Å². The third kappa shape index (κ3) is 5.55. The molecule has 1 heterocycles. The van der Waals surface area contributed by atoms with E-state index >= 15 is 0 Å². The fraction of sp³-hybridized carbons (Fsp3) is 0.381. The van der Waals surface area contributed by atoms with E-state index in [0.717, 1.165) is 6.07 Å². The minimum atomic E-state index is -3.68. The van der Waals surface area contributed by atoms with Crippen molar-refractivity contribution < 1.29 is 22.3 Å². The molecule has 1 fully saturated rings. The zero-order chi connectivity index (χ0) is 20.9. The van der Waals surface area contributed by atoms with E-state index in [9.17, 15) is 17.6 Å². The Morgan fingerprint density at radius 1 is 1.17 bits per heavy atom. The van der Waals surface area contributed by atoms with E-state index in [4.69, 9.17) is 4.74 Å². The first kappa shape index (κ1) is 21.3. The molecule has 2 aromatic rings. The number of nitrogens with zero attached hydrogens (tertiary/aromatic N) is 1. The molecular weight excluding hydrogens is 395 g/mol. The number of hydrogen-bond acceptors (Lipinski definition) is 4. The first-order valence-electron chi connectivity index (χ1n) is 9.58. The fourth-order valence-corrected chi connectivity index (χ4v) is 4.98. The number of ether oxygens (including phenoxy) is 1. The number of hydrogen-bond donors (Lipinski definition) is 1. The Balaban J connectivity index is 1.48. The van der Waals surface area contributed by atoms with Gasteiger partial charge >= 0.3 is 0 Å². The van der Waals surface area contributed by atoms with Crippen LogP contribution in [-0.2, 0) is 14.8 Å². The average Bonchev–Trinajstić information content (AvgIpc) is 2.72. The summed E-state index contributed by atoms with van der Waals surface area (Å²) in [5.74, 6) is 0.316. The van der Waals surface area contributed by atoms with Crippen molar-refractivity contribution in [1.29, 1.82) is 0 Å². The number of benzene rings is 2. The van der Waals surface area contributed by atoms with Gasteiger partial charge in [-0.05, 0) is 55.5 Å². The van der Waals surface area contributed by atoms with Gasteiger partial charge < -0.3 is 10.1 Å². The Bertz CT molecular complexity index is 957. The smallest absolute Gasteiger partial charge is 0.243 e. The number of anilines is 1. The van der Waals surface area contributed by atoms with E-state index in [2.05, 4.69) is 5.32 Å². The number of carbonyl (C=O) groups is 1. The van der Waals surface area contributed by atoms with Crippen molar-refractivity contribution in [3.8, 4) is 5.75 Å². The lowest BCUT2D eigenvalue weighted by Gasteiger charge is -2.31. The molecule has 0 aromatic heterocycles.